The SMILES string of the molecule is CC1CC(=O)N(Cc2c(F)ccc(Br)c2F)C1=O. The molecule has 1 atom stereocenters. The van der Waals surface area contributed by atoms with Gasteiger partial charge in [0.05, 0.1) is 11.0 Å². The van der Waals surface area contributed by atoms with E-state index in [1.807, 2.05) is 0 Å². The first-order chi connectivity index (χ1) is 8.41. The Labute approximate surface area is 111 Å². The van der Waals surface area contributed by atoms with Crippen LogP contribution >= 0.6 is 15.9 Å². The van der Waals surface area contributed by atoms with Crippen LogP contribution in [0.3, 0.4) is 0 Å². The molecule has 3 nitrogen and oxygen atoms in total. The quantitative estimate of drug-likeness (QED) is 0.621. The summed E-state index contributed by atoms with van der Waals surface area (Å²) in [5, 5.41) is 0. The number of amides is 2. The molecule has 0 N–H and O–H groups in total. The van der Waals surface area contributed by atoms with Crippen molar-refractivity contribution in [3.05, 3.63) is 33.8 Å². The summed E-state index contributed by atoms with van der Waals surface area (Å²) < 4.78 is 27.4. The van der Waals surface area contributed by atoms with Gasteiger partial charge in [-0.3, -0.25) is 14.5 Å². The smallest absolute Gasteiger partial charge is 0.232 e. The van der Waals surface area contributed by atoms with Crippen molar-refractivity contribution in [2.24, 2.45) is 5.92 Å². The molecule has 0 spiro atoms. The minimum Gasteiger partial charge on any atom is -0.278 e. The van der Waals surface area contributed by atoms with Crippen molar-refractivity contribution < 1.29 is 18.4 Å². The zero-order chi connectivity index (χ0) is 13.4. The van der Waals surface area contributed by atoms with Gasteiger partial charge in [-0.15, -0.1) is 0 Å². The van der Waals surface area contributed by atoms with Crippen molar-refractivity contribution in [1.29, 1.82) is 0 Å². The monoisotopic (exact) mass is 317 g/mol. The van der Waals surface area contributed by atoms with Crippen LogP contribution in [0.1, 0.15) is 18.9 Å². The van der Waals surface area contributed by atoms with Crippen molar-refractivity contribution in [1.82, 2.24) is 4.90 Å². The Morgan fingerprint density at radius 1 is 1.39 bits per heavy atom. The molecule has 1 aliphatic heterocycles. The molecule has 0 saturated carbocycles. The molecule has 0 bridgehead atoms. The molecule has 96 valence electrons. The average molecular weight is 318 g/mol. The number of rotatable bonds is 2. The summed E-state index contributed by atoms with van der Waals surface area (Å²) in [5.74, 6) is -2.76. The molecular formula is C12H10BrF2NO2. The first-order valence-corrected chi connectivity index (χ1v) is 6.17. The molecule has 2 rings (SSSR count). The largest absolute Gasteiger partial charge is 0.278 e. The average Bonchev–Trinajstić information content (AvgIpc) is 2.55. The number of carbonyl (C=O) groups excluding carboxylic acids is 2. The summed E-state index contributed by atoms with van der Waals surface area (Å²) in [4.78, 5) is 24.1. The molecule has 0 aromatic heterocycles. The molecule has 0 aliphatic carbocycles. The fraction of sp³-hybridized carbons (Fsp3) is 0.333. The van der Waals surface area contributed by atoms with Gasteiger partial charge >= 0.3 is 0 Å². The standard InChI is InChI=1S/C12H10BrF2NO2/c1-6-4-10(17)16(12(6)18)5-7-9(14)3-2-8(13)11(7)15/h2-3,6H,4-5H2,1H3. The molecule has 1 saturated heterocycles. The molecule has 1 unspecified atom stereocenters. The fourth-order valence-corrected chi connectivity index (χ4v) is 2.26. The predicted octanol–water partition coefficient (Wildman–Crippen LogP) is 2.62. The number of nitrogens with zero attached hydrogens (tertiary/aromatic N) is 1. The van der Waals surface area contributed by atoms with E-state index in [-0.39, 0.29) is 23.0 Å². The van der Waals surface area contributed by atoms with Gasteiger partial charge < -0.3 is 0 Å². The maximum absolute atomic E-state index is 13.7. The summed E-state index contributed by atoms with van der Waals surface area (Å²) in [6.07, 6.45) is 0.0933. The minimum atomic E-state index is -0.782. The van der Waals surface area contributed by atoms with Crippen molar-refractivity contribution in [3.63, 3.8) is 0 Å². The predicted molar refractivity (Wildman–Crippen MR) is 63.4 cm³/mol. The van der Waals surface area contributed by atoms with E-state index in [9.17, 15) is 18.4 Å². The van der Waals surface area contributed by atoms with Crippen LogP contribution in [0.15, 0.2) is 16.6 Å². The number of benzene rings is 1. The Morgan fingerprint density at radius 2 is 2.06 bits per heavy atom. The number of hydrogen-bond donors (Lipinski definition) is 0. The van der Waals surface area contributed by atoms with Gasteiger partial charge in [0.2, 0.25) is 11.8 Å². The highest BCUT2D eigenvalue weighted by atomic mass is 79.9. The lowest BCUT2D eigenvalue weighted by Gasteiger charge is -2.15. The first-order valence-electron chi connectivity index (χ1n) is 5.38. The zero-order valence-electron chi connectivity index (χ0n) is 9.54. The van der Waals surface area contributed by atoms with Crippen LogP contribution in [-0.4, -0.2) is 16.7 Å². The van der Waals surface area contributed by atoms with Crippen LogP contribution in [0.2, 0.25) is 0 Å². The molecule has 18 heavy (non-hydrogen) atoms. The Balaban J connectivity index is 2.33. The Kier molecular flexibility index (Phi) is 3.47. The van der Waals surface area contributed by atoms with E-state index in [4.69, 9.17) is 0 Å². The fourth-order valence-electron chi connectivity index (χ4n) is 1.89. The molecular weight excluding hydrogens is 308 g/mol. The Hall–Kier alpha value is -1.30. The van der Waals surface area contributed by atoms with Crippen molar-refractivity contribution in [2.45, 2.75) is 19.9 Å². The van der Waals surface area contributed by atoms with E-state index >= 15 is 0 Å². The van der Waals surface area contributed by atoms with Gasteiger partial charge in [-0.1, -0.05) is 6.92 Å². The lowest BCUT2D eigenvalue weighted by Crippen LogP contribution is -2.30. The second-order valence-corrected chi connectivity index (χ2v) is 5.10. The summed E-state index contributed by atoms with van der Waals surface area (Å²) in [7, 11) is 0. The van der Waals surface area contributed by atoms with Gasteiger partial charge in [0.25, 0.3) is 0 Å². The van der Waals surface area contributed by atoms with Crippen LogP contribution in [0.4, 0.5) is 8.78 Å². The summed E-state index contributed by atoms with van der Waals surface area (Å²) in [6, 6.07) is 2.33. The molecule has 6 heteroatoms. The van der Waals surface area contributed by atoms with Crippen LogP contribution in [-0.2, 0) is 16.1 Å². The van der Waals surface area contributed by atoms with E-state index in [2.05, 4.69) is 15.9 Å². The second kappa shape index (κ2) is 4.76. The van der Waals surface area contributed by atoms with Gasteiger partial charge in [0.1, 0.15) is 11.6 Å². The van der Waals surface area contributed by atoms with E-state index < -0.39 is 29.4 Å². The number of carbonyl (C=O) groups is 2. The van der Waals surface area contributed by atoms with Gasteiger partial charge in [0, 0.05) is 17.9 Å². The van der Waals surface area contributed by atoms with Gasteiger partial charge in [-0.25, -0.2) is 8.78 Å². The Bertz CT molecular complexity index is 533. The number of hydrogen-bond acceptors (Lipinski definition) is 2. The van der Waals surface area contributed by atoms with Gasteiger partial charge in [-0.05, 0) is 28.1 Å². The molecule has 2 amide bonds. The summed E-state index contributed by atoms with van der Waals surface area (Å²) in [6.45, 7) is 1.26. The molecule has 1 heterocycles. The normalized spacial score (nSPS) is 19.8. The van der Waals surface area contributed by atoms with Crippen molar-refractivity contribution in [3.8, 4) is 0 Å². The minimum absolute atomic E-state index is 0.0933. The molecule has 1 aromatic rings. The van der Waals surface area contributed by atoms with Gasteiger partial charge in [0.15, 0.2) is 0 Å². The Morgan fingerprint density at radius 3 is 2.61 bits per heavy atom. The number of likely N-dealkylation sites (tertiary alicyclic amines) is 1. The topological polar surface area (TPSA) is 37.4 Å². The van der Waals surface area contributed by atoms with Crippen LogP contribution in [0, 0.1) is 17.6 Å². The van der Waals surface area contributed by atoms with E-state index in [0.717, 1.165) is 11.0 Å². The highest BCUT2D eigenvalue weighted by Gasteiger charge is 2.36. The third-order valence-electron chi connectivity index (χ3n) is 2.92. The van der Waals surface area contributed by atoms with Crippen LogP contribution < -0.4 is 0 Å². The van der Waals surface area contributed by atoms with E-state index in [1.54, 1.807) is 6.92 Å². The maximum Gasteiger partial charge on any atom is 0.232 e. The number of halogens is 3. The van der Waals surface area contributed by atoms with Crippen molar-refractivity contribution in [2.75, 3.05) is 0 Å². The number of imide groups is 1. The lowest BCUT2D eigenvalue weighted by atomic mass is 10.1. The van der Waals surface area contributed by atoms with Crippen molar-refractivity contribution >= 4 is 27.7 Å². The van der Waals surface area contributed by atoms with Gasteiger partial charge in [-0.2, -0.15) is 0 Å². The third kappa shape index (κ3) is 2.16. The summed E-state index contributed by atoms with van der Waals surface area (Å²) in [5.41, 5.74) is -0.278. The van der Waals surface area contributed by atoms with Crippen LogP contribution in [0.5, 0.6) is 0 Å². The lowest BCUT2D eigenvalue weighted by molar-refractivity contribution is -0.139. The van der Waals surface area contributed by atoms with E-state index in [1.165, 1.54) is 6.07 Å². The van der Waals surface area contributed by atoms with Crippen LogP contribution in [0.25, 0.3) is 0 Å². The highest BCUT2D eigenvalue weighted by Crippen LogP contribution is 2.26. The molecule has 0 radical (unpaired) electrons. The molecule has 1 fully saturated rings. The highest BCUT2D eigenvalue weighted by molar-refractivity contribution is 9.10. The first kappa shape index (κ1) is 13.1. The molecule has 1 aliphatic rings. The second-order valence-electron chi connectivity index (χ2n) is 4.25. The zero-order valence-corrected chi connectivity index (χ0v) is 11.1. The van der Waals surface area contributed by atoms with E-state index in [0.29, 0.717) is 0 Å². The summed E-state index contributed by atoms with van der Waals surface area (Å²) >= 11 is 2.94. The third-order valence-corrected chi connectivity index (χ3v) is 3.54. The maximum atomic E-state index is 13.7. The molecule has 1 aromatic carbocycles.